The van der Waals surface area contributed by atoms with E-state index in [-0.39, 0.29) is 0 Å². The predicted molar refractivity (Wildman–Crippen MR) is 57.2 cm³/mol. The zero-order valence-corrected chi connectivity index (χ0v) is 8.34. The van der Waals surface area contributed by atoms with E-state index >= 15 is 0 Å². The maximum absolute atomic E-state index is 11.2. The van der Waals surface area contributed by atoms with Gasteiger partial charge in [-0.25, -0.2) is 0 Å². The van der Waals surface area contributed by atoms with Crippen molar-refractivity contribution in [3.63, 3.8) is 0 Å². The van der Waals surface area contributed by atoms with Gasteiger partial charge in [-0.15, -0.1) is 0 Å². The van der Waals surface area contributed by atoms with Crippen molar-refractivity contribution in [1.29, 1.82) is 0 Å². The van der Waals surface area contributed by atoms with Crippen LogP contribution in [0.2, 0.25) is 0 Å². The summed E-state index contributed by atoms with van der Waals surface area (Å²) in [4.78, 5) is 11.2. The van der Waals surface area contributed by atoms with Crippen LogP contribution in [0.5, 0.6) is 0 Å². The summed E-state index contributed by atoms with van der Waals surface area (Å²) in [6.07, 6.45) is 1.63. The summed E-state index contributed by atoms with van der Waals surface area (Å²) in [6.45, 7) is 0. The fourth-order valence-electron chi connectivity index (χ4n) is 1.48. The van der Waals surface area contributed by atoms with Gasteiger partial charge in [-0.3, -0.25) is 9.48 Å². The van der Waals surface area contributed by atoms with Crippen molar-refractivity contribution in [1.82, 2.24) is 9.78 Å². The number of benzene rings is 1. The van der Waals surface area contributed by atoms with Gasteiger partial charge in [-0.05, 0) is 0 Å². The lowest BCUT2D eigenvalue weighted by atomic mass is 10.1. The van der Waals surface area contributed by atoms with Gasteiger partial charge in [-0.1, -0.05) is 30.3 Å². The van der Waals surface area contributed by atoms with Crippen molar-refractivity contribution < 1.29 is 4.79 Å². The van der Waals surface area contributed by atoms with Crippen molar-refractivity contribution in [3.8, 4) is 11.3 Å². The molecule has 0 unspecified atom stereocenters. The van der Waals surface area contributed by atoms with Crippen molar-refractivity contribution in [2.24, 2.45) is 12.8 Å². The standard InChI is InChI=1S/C11H11N3O/c1-14-7-9(11(12)15)10(13-14)8-5-3-2-4-6-8/h2-7H,1H3,(H2,12,15). The Balaban J connectivity index is 2.58. The Morgan fingerprint density at radius 1 is 1.33 bits per heavy atom. The topological polar surface area (TPSA) is 60.9 Å². The number of hydrogen-bond donors (Lipinski definition) is 1. The second-order valence-corrected chi connectivity index (χ2v) is 3.30. The van der Waals surface area contributed by atoms with Crippen molar-refractivity contribution in [2.45, 2.75) is 0 Å². The SMILES string of the molecule is Cn1cc(C(N)=O)c(-c2ccccc2)n1. The first kappa shape index (κ1) is 9.45. The normalized spacial score (nSPS) is 10.2. The predicted octanol–water partition coefficient (Wildman–Crippen LogP) is 1.19. The van der Waals surface area contributed by atoms with Gasteiger partial charge in [-0.2, -0.15) is 5.10 Å². The van der Waals surface area contributed by atoms with Gasteiger partial charge in [0.2, 0.25) is 0 Å². The second kappa shape index (κ2) is 3.57. The number of carbonyl (C=O) groups excluding carboxylic acids is 1. The number of carbonyl (C=O) groups is 1. The van der Waals surface area contributed by atoms with E-state index in [1.165, 1.54) is 0 Å². The molecule has 2 rings (SSSR count). The fraction of sp³-hybridized carbons (Fsp3) is 0.0909. The summed E-state index contributed by atoms with van der Waals surface area (Å²) in [5, 5.41) is 4.22. The average Bonchev–Trinajstić information content (AvgIpc) is 2.62. The maximum atomic E-state index is 11.2. The highest BCUT2D eigenvalue weighted by molar-refractivity contribution is 5.98. The molecule has 0 fully saturated rings. The lowest BCUT2D eigenvalue weighted by Gasteiger charge is -1.97. The molecule has 2 N–H and O–H groups in total. The van der Waals surface area contributed by atoms with Crippen LogP contribution in [0.15, 0.2) is 36.5 Å². The van der Waals surface area contributed by atoms with Crippen LogP contribution in [0.4, 0.5) is 0 Å². The van der Waals surface area contributed by atoms with Crippen molar-refractivity contribution >= 4 is 5.91 Å². The minimum atomic E-state index is -0.457. The molecule has 0 spiro atoms. The quantitative estimate of drug-likeness (QED) is 0.793. The molecule has 1 amide bonds. The molecule has 0 aliphatic heterocycles. The van der Waals surface area contributed by atoms with Crippen LogP contribution in [0, 0.1) is 0 Å². The third-order valence-electron chi connectivity index (χ3n) is 2.14. The van der Waals surface area contributed by atoms with Crippen LogP contribution >= 0.6 is 0 Å². The second-order valence-electron chi connectivity index (χ2n) is 3.30. The molecule has 15 heavy (non-hydrogen) atoms. The molecule has 0 aliphatic rings. The number of nitrogens with two attached hydrogens (primary N) is 1. The Labute approximate surface area is 87.3 Å². The van der Waals surface area contributed by atoms with E-state index in [4.69, 9.17) is 5.73 Å². The highest BCUT2D eigenvalue weighted by Crippen LogP contribution is 2.20. The zero-order valence-electron chi connectivity index (χ0n) is 8.34. The fourth-order valence-corrected chi connectivity index (χ4v) is 1.48. The van der Waals surface area contributed by atoms with E-state index in [0.29, 0.717) is 11.3 Å². The molecule has 4 nitrogen and oxygen atoms in total. The van der Waals surface area contributed by atoms with Crippen LogP contribution in [0.1, 0.15) is 10.4 Å². The number of primary amides is 1. The Morgan fingerprint density at radius 3 is 2.60 bits per heavy atom. The van der Waals surface area contributed by atoms with Crippen LogP contribution in [-0.2, 0) is 7.05 Å². The summed E-state index contributed by atoms with van der Waals surface area (Å²) in [5.41, 5.74) is 7.25. The van der Waals surface area contributed by atoms with E-state index in [9.17, 15) is 4.79 Å². The van der Waals surface area contributed by atoms with Gasteiger partial charge in [0.25, 0.3) is 5.91 Å². The number of nitrogens with zero attached hydrogens (tertiary/aromatic N) is 2. The van der Waals surface area contributed by atoms with Gasteiger partial charge < -0.3 is 5.73 Å². The molecule has 0 saturated carbocycles. The first-order valence-corrected chi connectivity index (χ1v) is 4.57. The summed E-state index contributed by atoms with van der Waals surface area (Å²) in [7, 11) is 1.76. The molecule has 0 bridgehead atoms. The van der Waals surface area contributed by atoms with Gasteiger partial charge in [0.05, 0.1) is 5.56 Å². The number of hydrogen-bond acceptors (Lipinski definition) is 2. The lowest BCUT2D eigenvalue weighted by Crippen LogP contribution is -2.11. The van der Waals surface area contributed by atoms with Crippen LogP contribution in [0.25, 0.3) is 11.3 Å². The Morgan fingerprint density at radius 2 is 2.00 bits per heavy atom. The number of aryl methyl sites for hydroxylation is 1. The molecule has 0 saturated heterocycles. The summed E-state index contributed by atoms with van der Waals surface area (Å²) < 4.78 is 1.59. The van der Waals surface area contributed by atoms with Crippen molar-refractivity contribution in [3.05, 3.63) is 42.1 Å². The van der Waals surface area contributed by atoms with E-state index in [1.807, 2.05) is 30.3 Å². The van der Waals surface area contributed by atoms with Gasteiger partial charge in [0.15, 0.2) is 0 Å². The average molecular weight is 201 g/mol. The molecule has 1 heterocycles. The molecule has 0 atom stereocenters. The molecular formula is C11H11N3O. The number of aromatic nitrogens is 2. The molecule has 1 aromatic heterocycles. The summed E-state index contributed by atoms with van der Waals surface area (Å²) in [6, 6.07) is 9.50. The largest absolute Gasteiger partial charge is 0.365 e. The molecule has 1 aromatic carbocycles. The number of amides is 1. The number of rotatable bonds is 2. The lowest BCUT2D eigenvalue weighted by molar-refractivity contribution is 0.100. The Kier molecular flexibility index (Phi) is 2.25. The monoisotopic (exact) mass is 201 g/mol. The van der Waals surface area contributed by atoms with Crippen molar-refractivity contribution in [2.75, 3.05) is 0 Å². The first-order valence-electron chi connectivity index (χ1n) is 4.57. The van der Waals surface area contributed by atoms with Crippen LogP contribution in [-0.4, -0.2) is 15.7 Å². The molecule has 2 aromatic rings. The van der Waals surface area contributed by atoms with Crippen LogP contribution in [0.3, 0.4) is 0 Å². The van der Waals surface area contributed by atoms with Gasteiger partial charge in [0, 0.05) is 18.8 Å². The van der Waals surface area contributed by atoms with Crippen LogP contribution < -0.4 is 5.73 Å². The molecule has 4 heteroatoms. The van der Waals surface area contributed by atoms with Gasteiger partial charge in [0.1, 0.15) is 5.69 Å². The molecule has 0 radical (unpaired) electrons. The zero-order chi connectivity index (χ0) is 10.8. The highest BCUT2D eigenvalue weighted by atomic mass is 16.1. The summed E-state index contributed by atoms with van der Waals surface area (Å²) >= 11 is 0. The third kappa shape index (κ3) is 1.74. The summed E-state index contributed by atoms with van der Waals surface area (Å²) in [5.74, 6) is -0.457. The van der Waals surface area contributed by atoms with E-state index in [1.54, 1.807) is 17.9 Å². The van der Waals surface area contributed by atoms with E-state index in [2.05, 4.69) is 5.10 Å². The van der Waals surface area contributed by atoms with E-state index in [0.717, 1.165) is 5.56 Å². The smallest absolute Gasteiger partial charge is 0.252 e. The van der Waals surface area contributed by atoms with Gasteiger partial charge >= 0.3 is 0 Å². The minimum Gasteiger partial charge on any atom is -0.365 e. The molecular weight excluding hydrogens is 190 g/mol. The minimum absolute atomic E-state index is 0.448. The Hall–Kier alpha value is -2.10. The highest BCUT2D eigenvalue weighted by Gasteiger charge is 2.13. The first-order chi connectivity index (χ1) is 7.18. The Bertz CT molecular complexity index is 488. The van der Waals surface area contributed by atoms with E-state index < -0.39 is 5.91 Å². The third-order valence-corrected chi connectivity index (χ3v) is 2.14. The molecule has 76 valence electrons. The maximum Gasteiger partial charge on any atom is 0.252 e. The molecule has 0 aliphatic carbocycles.